The van der Waals surface area contributed by atoms with E-state index in [4.69, 9.17) is 4.74 Å². The molecule has 2 rings (SSSR count). The second kappa shape index (κ2) is 11.8. The van der Waals surface area contributed by atoms with Gasteiger partial charge in [0.2, 0.25) is 0 Å². The average molecular weight is 410 g/mol. The molecule has 6 heteroatoms. The molecule has 0 fully saturated rings. The molecule has 0 spiro atoms. The molecule has 2 aromatic carbocycles. The van der Waals surface area contributed by atoms with Gasteiger partial charge in [0.05, 0.1) is 12.8 Å². The molecule has 0 radical (unpaired) electrons. The summed E-state index contributed by atoms with van der Waals surface area (Å²) in [7, 11) is 0. The molecular formula is C24H31N3O3. The van der Waals surface area contributed by atoms with Crippen molar-refractivity contribution in [2.24, 2.45) is 11.0 Å². The van der Waals surface area contributed by atoms with Gasteiger partial charge >= 0.3 is 0 Å². The van der Waals surface area contributed by atoms with E-state index >= 15 is 0 Å². The third-order valence-corrected chi connectivity index (χ3v) is 4.56. The number of benzene rings is 2. The molecule has 0 bridgehead atoms. The number of hydrazone groups is 1. The lowest BCUT2D eigenvalue weighted by molar-refractivity contribution is -0.123. The van der Waals surface area contributed by atoms with Crippen LogP contribution in [-0.2, 0) is 4.79 Å². The second-order valence-electron chi connectivity index (χ2n) is 7.57. The number of aryl methyl sites for hydroxylation is 1. The zero-order valence-corrected chi connectivity index (χ0v) is 18.1. The summed E-state index contributed by atoms with van der Waals surface area (Å²) in [6.45, 7) is 8.49. The van der Waals surface area contributed by atoms with E-state index in [1.54, 1.807) is 18.3 Å². The van der Waals surface area contributed by atoms with Gasteiger partial charge in [0.25, 0.3) is 11.8 Å². The van der Waals surface area contributed by atoms with E-state index in [0.29, 0.717) is 12.2 Å². The highest BCUT2D eigenvalue weighted by Gasteiger charge is 2.24. The fraction of sp³-hybridized carbons (Fsp3) is 0.375. The number of unbranched alkanes of at least 4 members (excludes halogenated alkanes) is 1. The Morgan fingerprint density at radius 1 is 1.13 bits per heavy atom. The zero-order valence-electron chi connectivity index (χ0n) is 18.1. The molecule has 2 N–H and O–H groups in total. The number of nitrogens with one attached hydrogen (secondary N) is 2. The van der Waals surface area contributed by atoms with Crippen molar-refractivity contribution in [2.45, 2.75) is 46.6 Å². The largest absolute Gasteiger partial charge is 0.494 e. The number of carbonyl (C=O) groups is 2. The third-order valence-electron chi connectivity index (χ3n) is 4.56. The molecular weight excluding hydrogens is 378 g/mol. The van der Waals surface area contributed by atoms with Crippen molar-refractivity contribution in [1.29, 1.82) is 0 Å². The molecule has 0 aliphatic carbocycles. The Bertz CT molecular complexity index is 860. The van der Waals surface area contributed by atoms with Crippen LogP contribution in [0.5, 0.6) is 5.75 Å². The molecule has 0 heterocycles. The fourth-order valence-electron chi connectivity index (χ4n) is 2.72. The van der Waals surface area contributed by atoms with Crippen molar-refractivity contribution in [1.82, 2.24) is 10.7 Å². The molecule has 1 unspecified atom stereocenters. The number of ether oxygens (including phenoxy) is 1. The molecule has 0 aliphatic rings. The summed E-state index contributed by atoms with van der Waals surface area (Å²) < 4.78 is 5.68. The smallest absolute Gasteiger partial charge is 0.262 e. The van der Waals surface area contributed by atoms with Crippen molar-refractivity contribution >= 4 is 18.0 Å². The molecule has 0 saturated heterocycles. The van der Waals surface area contributed by atoms with E-state index in [2.05, 4.69) is 22.8 Å². The van der Waals surface area contributed by atoms with E-state index in [1.165, 1.54) is 0 Å². The van der Waals surface area contributed by atoms with Gasteiger partial charge in [-0.05, 0) is 49.1 Å². The van der Waals surface area contributed by atoms with Gasteiger partial charge in [0, 0.05) is 5.56 Å². The van der Waals surface area contributed by atoms with Gasteiger partial charge in [0.1, 0.15) is 11.8 Å². The first kappa shape index (κ1) is 23.1. The van der Waals surface area contributed by atoms with E-state index in [9.17, 15) is 9.59 Å². The summed E-state index contributed by atoms with van der Waals surface area (Å²) in [5.41, 5.74) is 4.92. The van der Waals surface area contributed by atoms with E-state index in [-0.39, 0.29) is 17.7 Å². The molecule has 0 saturated carbocycles. The molecule has 30 heavy (non-hydrogen) atoms. The first-order valence-electron chi connectivity index (χ1n) is 10.3. The fourth-order valence-corrected chi connectivity index (χ4v) is 2.72. The standard InChI is InChI=1S/C24H31N3O3/c1-5-6-14-30-21-9-7-8-19(15-21)16-25-27-24(29)22(17(2)3)26-23(28)20-12-10-18(4)11-13-20/h7-13,15-17,22H,5-6,14H2,1-4H3,(H,26,28)(H,27,29)/b25-16+. The van der Waals surface area contributed by atoms with Crippen molar-refractivity contribution in [3.05, 3.63) is 65.2 Å². The van der Waals surface area contributed by atoms with Gasteiger partial charge in [0.15, 0.2) is 0 Å². The van der Waals surface area contributed by atoms with Gasteiger partial charge < -0.3 is 10.1 Å². The predicted octanol–water partition coefficient (Wildman–Crippen LogP) is 4.08. The second-order valence-corrected chi connectivity index (χ2v) is 7.57. The van der Waals surface area contributed by atoms with Gasteiger partial charge in [-0.2, -0.15) is 5.10 Å². The third kappa shape index (κ3) is 7.35. The maximum absolute atomic E-state index is 12.6. The van der Waals surface area contributed by atoms with Gasteiger partial charge in [-0.15, -0.1) is 0 Å². The summed E-state index contributed by atoms with van der Waals surface area (Å²) in [6, 6.07) is 14.0. The lowest BCUT2D eigenvalue weighted by atomic mass is 10.0. The minimum Gasteiger partial charge on any atom is -0.494 e. The molecule has 2 amide bonds. The van der Waals surface area contributed by atoms with Crippen molar-refractivity contribution in [3.8, 4) is 5.75 Å². The summed E-state index contributed by atoms with van der Waals surface area (Å²) >= 11 is 0. The number of hydrogen-bond acceptors (Lipinski definition) is 4. The van der Waals surface area contributed by atoms with Crippen LogP contribution in [0.25, 0.3) is 0 Å². The van der Waals surface area contributed by atoms with Crippen molar-refractivity contribution < 1.29 is 14.3 Å². The minimum absolute atomic E-state index is 0.0927. The Kier molecular flexibility index (Phi) is 9.06. The molecule has 6 nitrogen and oxygen atoms in total. The Hall–Kier alpha value is -3.15. The lowest BCUT2D eigenvalue weighted by Gasteiger charge is -2.20. The number of hydrogen-bond donors (Lipinski definition) is 2. The summed E-state index contributed by atoms with van der Waals surface area (Å²) in [4.78, 5) is 25.0. The van der Waals surface area contributed by atoms with Crippen LogP contribution in [0.3, 0.4) is 0 Å². The molecule has 1 atom stereocenters. The molecule has 160 valence electrons. The van der Waals surface area contributed by atoms with Crippen molar-refractivity contribution in [2.75, 3.05) is 6.61 Å². The topological polar surface area (TPSA) is 79.8 Å². The summed E-state index contributed by atoms with van der Waals surface area (Å²) in [5.74, 6) is 0.0239. The normalized spacial score (nSPS) is 12.0. The Labute approximate surface area is 178 Å². The van der Waals surface area contributed by atoms with Crippen LogP contribution in [0.1, 0.15) is 55.1 Å². The monoisotopic (exact) mass is 409 g/mol. The van der Waals surface area contributed by atoms with Crippen LogP contribution in [-0.4, -0.2) is 30.7 Å². The van der Waals surface area contributed by atoms with E-state index < -0.39 is 6.04 Å². The SMILES string of the molecule is CCCCOc1cccc(/C=N/NC(=O)C(NC(=O)c2ccc(C)cc2)C(C)C)c1. The molecule has 0 aromatic heterocycles. The number of nitrogens with zero attached hydrogens (tertiary/aromatic N) is 1. The molecule has 0 aliphatic heterocycles. The predicted molar refractivity (Wildman–Crippen MR) is 120 cm³/mol. The van der Waals surface area contributed by atoms with E-state index in [1.807, 2.05) is 57.2 Å². The van der Waals surface area contributed by atoms with Crippen LogP contribution in [0.15, 0.2) is 53.6 Å². The van der Waals surface area contributed by atoms with Crippen LogP contribution in [0, 0.1) is 12.8 Å². The highest BCUT2D eigenvalue weighted by Crippen LogP contribution is 2.12. The quantitative estimate of drug-likeness (QED) is 0.353. The highest BCUT2D eigenvalue weighted by molar-refractivity contribution is 5.97. The molecule has 2 aromatic rings. The van der Waals surface area contributed by atoms with Gasteiger partial charge in [-0.25, -0.2) is 5.43 Å². The Morgan fingerprint density at radius 2 is 1.87 bits per heavy atom. The maximum atomic E-state index is 12.6. The average Bonchev–Trinajstić information content (AvgIpc) is 2.72. The first-order chi connectivity index (χ1) is 14.4. The Morgan fingerprint density at radius 3 is 2.53 bits per heavy atom. The lowest BCUT2D eigenvalue weighted by Crippen LogP contribution is -2.48. The summed E-state index contributed by atoms with van der Waals surface area (Å²) in [5, 5.41) is 6.84. The number of rotatable bonds is 10. The zero-order chi connectivity index (χ0) is 21.9. The maximum Gasteiger partial charge on any atom is 0.262 e. The number of amides is 2. The van der Waals surface area contributed by atoms with Crippen LogP contribution < -0.4 is 15.5 Å². The number of carbonyl (C=O) groups excluding carboxylic acids is 2. The van der Waals surface area contributed by atoms with Gasteiger partial charge in [-0.3, -0.25) is 9.59 Å². The van der Waals surface area contributed by atoms with Crippen LogP contribution in [0.4, 0.5) is 0 Å². The highest BCUT2D eigenvalue weighted by atomic mass is 16.5. The van der Waals surface area contributed by atoms with Crippen molar-refractivity contribution in [3.63, 3.8) is 0 Å². The van der Waals surface area contributed by atoms with Crippen LogP contribution in [0.2, 0.25) is 0 Å². The Balaban J connectivity index is 1.95. The summed E-state index contributed by atoms with van der Waals surface area (Å²) in [6.07, 6.45) is 3.63. The minimum atomic E-state index is -0.695. The van der Waals surface area contributed by atoms with Gasteiger partial charge in [-0.1, -0.05) is 57.0 Å². The first-order valence-corrected chi connectivity index (χ1v) is 10.3. The van der Waals surface area contributed by atoms with E-state index in [0.717, 1.165) is 29.7 Å². The van der Waals surface area contributed by atoms with Crippen LogP contribution >= 0.6 is 0 Å².